The van der Waals surface area contributed by atoms with Crippen LogP contribution in [-0.2, 0) is 4.79 Å². The Morgan fingerprint density at radius 2 is 2.21 bits per heavy atom. The number of amides is 1. The van der Waals surface area contributed by atoms with Crippen molar-refractivity contribution in [2.24, 2.45) is 5.92 Å². The second-order valence-corrected chi connectivity index (χ2v) is 4.56. The maximum atomic E-state index is 12.0. The van der Waals surface area contributed by atoms with Gasteiger partial charge in [-0.3, -0.25) is 9.18 Å². The summed E-state index contributed by atoms with van der Waals surface area (Å²) in [4.78, 5) is 11.5. The Balaban J connectivity index is 2.78. The summed E-state index contributed by atoms with van der Waals surface area (Å²) in [7, 11) is 0. The normalized spacial score (nSPS) is 23.2. The second-order valence-electron chi connectivity index (χ2n) is 4.56. The molecule has 1 aliphatic heterocycles. The number of alkyl halides is 1. The number of aliphatic hydroxyl groups excluding tert-OH is 2. The summed E-state index contributed by atoms with van der Waals surface area (Å²) < 4.78 is 12.0. The molecular formula is C14H20FNO3. The van der Waals surface area contributed by atoms with Gasteiger partial charge in [0, 0.05) is 6.08 Å². The van der Waals surface area contributed by atoms with Gasteiger partial charge < -0.3 is 15.5 Å². The summed E-state index contributed by atoms with van der Waals surface area (Å²) in [5.74, 6) is -0.757. The molecule has 0 saturated heterocycles. The van der Waals surface area contributed by atoms with Crippen molar-refractivity contribution in [2.75, 3.05) is 6.67 Å². The summed E-state index contributed by atoms with van der Waals surface area (Å²) in [5, 5.41) is 21.1. The van der Waals surface area contributed by atoms with Crippen LogP contribution in [0.4, 0.5) is 4.39 Å². The molecule has 0 aromatic heterocycles. The summed E-state index contributed by atoms with van der Waals surface area (Å²) in [6.07, 6.45) is 6.29. The number of carbonyl (C=O) groups excluding carboxylic acids is 1. The zero-order valence-electron chi connectivity index (χ0n) is 10.8. The van der Waals surface area contributed by atoms with Crippen molar-refractivity contribution in [3.8, 4) is 0 Å². The van der Waals surface area contributed by atoms with Crippen LogP contribution in [0.5, 0.6) is 0 Å². The van der Waals surface area contributed by atoms with Crippen molar-refractivity contribution in [3.05, 3.63) is 36.3 Å². The van der Waals surface area contributed by atoms with E-state index < -0.39 is 12.0 Å². The van der Waals surface area contributed by atoms with Crippen LogP contribution in [0.15, 0.2) is 36.3 Å². The number of rotatable bonds is 7. The smallest absolute Gasteiger partial charge is 0.244 e. The average Bonchev–Trinajstić information content (AvgIpc) is 2.34. The fourth-order valence-corrected chi connectivity index (χ4v) is 2.28. The van der Waals surface area contributed by atoms with Gasteiger partial charge in [-0.25, -0.2) is 0 Å². The van der Waals surface area contributed by atoms with Gasteiger partial charge in [0.15, 0.2) is 0 Å². The lowest BCUT2D eigenvalue weighted by Crippen LogP contribution is -2.43. The molecular weight excluding hydrogens is 249 g/mol. The maximum Gasteiger partial charge on any atom is 0.244 e. The molecule has 1 heterocycles. The summed E-state index contributed by atoms with van der Waals surface area (Å²) in [5.41, 5.74) is 0.762. The molecule has 0 saturated carbocycles. The standard InChI is InChI=1S/C14H20FNO3/c1-10(18)14-11(5-3-2-4-7-15)9-13(19)16-12(14)6-8-17/h6,8-9,12,14,17-18H,1-5,7H2,(H,16,19)/b8-6+. The van der Waals surface area contributed by atoms with Crippen molar-refractivity contribution < 1.29 is 19.4 Å². The second kappa shape index (κ2) is 7.61. The number of nitrogens with one attached hydrogen (secondary N) is 1. The van der Waals surface area contributed by atoms with Crippen LogP contribution in [0.2, 0.25) is 0 Å². The highest BCUT2D eigenvalue weighted by molar-refractivity contribution is 5.90. The summed E-state index contributed by atoms with van der Waals surface area (Å²) in [6.45, 7) is 3.18. The van der Waals surface area contributed by atoms with Gasteiger partial charge in [0.1, 0.15) is 0 Å². The van der Waals surface area contributed by atoms with Gasteiger partial charge >= 0.3 is 0 Å². The zero-order chi connectivity index (χ0) is 14.3. The van der Waals surface area contributed by atoms with Crippen molar-refractivity contribution in [1.82, 2.24) is 5.32 Å². The Bertz CT molecular complexity index is 390. The molecule has 1 rings (SSSR count). The third kappa shape index (κ3) is 4.43. The van der Waals surface area contributed by atoms with E-state index in [4.69, 9.17) is 5.11 Å². The van der Waals surface area contributed by atoms with Crippen molar-refractivity contribution >= 4 is 5.91 Å². The molecule has 0 fully saturated rings. The first-order valence-electron chi connectivity index (χ1n) is 6.35. The topological polar surface area (TPSA) is 69.6 Å². The van der Waals surface area contributed by atoms with Gasteiger partial charge in [0.2, 0.25) is 5.91 Å². The van der Waals surface area contributed by atoms with E-state index in [1.807, 2.05) is 0 Å². The van der Waals surface area contributed by atoms with E-state index in [0.717, 1.165) is 24.7 Å². The Hall–Kier alpha value is -1.78. The Labute approximate surface area is 112 Å². The quantitative estimate of drug-likeness (QED) is 0.491. The Kier molecular flexibility index (Phi) is 6.12. The fraction of sp³-hybridized carbons (Fsp3) is 0.500. The van der Waals surface area contributed by atoms with E-state index in [1.54, 1.807) is 0 Å². The van der Waals surface area contributed by atoms with E-state index >= 15 is 0 Å². The fourth-order valence-electron chi connectivity index (χ4n) is 2.28. The summed E-state index contributed by atoms with van der Waals surface area (Å²) in [6, 6.07) is -0.504. The molecule has 0 spiro atoms. The lowest BCUT2D eigenvalue weighted by molar-refractivity contribution is -0.117. The first-order chi connectivity index (χ1) is 9.10. The molecule has 2 atom stereocenters. The molecule has 3 N–H and O–H groups in total. The van der Waals surface area contributed by atoms with Crippen LogP contribution in [-0.4, -0.2) is 28.8 Å². The average molecular weight is 269 g/mol. The third-order valence-corrected chi connectivity index (χ3v) is 3.14. The Morgan fingerprint density at radius 3 is 2.79 bits per heavy atom. The van der Waals surface area contributed by atoms with Crippen LogP contribution >= 0.6 is 0 Å². The largest absolute Gasteiger partial charge is 0.516 e. The van der Waals surface area contributed by atoms with Gasteiger partial charge in [0.05, 0.1) is 30.7 Å². The van der Waals surface area contributed by atoms with Crippen LogP contribution in [0.3, 0.4) is 0 Å². The molecule has 0 bridgehead atoms. The molecule has 1 amide bonds. The predicted molar refractivity (Wildman–Crippen MR) is 71.5 cm³/mol. The zero-order valence-corrected chi connectivity index (χ0v) is 10.8. The van der Waals surface area contributed by atoms with Gasteiger partial charge in [-0.2, -0.15) is 0 Å². The van der Waals surface area contributed by atoms with Crippen molar-refractivity contribution in [1.29, 1.82) is 0 Å². The highest BCUT2D eigenvalue weighted by Gasteiger charge is 2.31. The number of aliphatic hydroxyl groups is 2. The molecule has 4 nitrogen and oxygen atoms in total. The number of hydrogen-bond donors (Lipinski definition) is 3. The van der Waals surface area contributed by atoms with E-state index in [0.29, 0.717) is 12.8 Å². The van der Waals surface area contributed by atoms with Crippen LogP contribution < -0.4 is 5.32 Å². The van der Waals surface area contributed by atoms with E-state index in [-0.39, 0.29) is 18.3 Å². The first kappa shape index (κ1) is 15.3. The maximum absolute atomic E-state index is 12.0. The van der Waals surface area contributed by atoms with Gasteiger partial charge in [-0.05, 0) is 25.3 Å². The predicted octanol–water partition coefficient (Wildman–Crippen LogP) is 2.70. The molecule has 2 unspecified atom stereocenters. The highest BCUT2D eigenvalue weighted by Crippen LogP contribution is 2.29. The molecule has 5 heteroatoms. The van der Waals surface area contributed by atoms with Gasteiger partial charge in [-0.15, -0.1) is 0 Å². The van der Waals surface area contributed by atoms with Gasteiger partial charge in [-0.1, -0.05) is 18.6 Å². The number of halogens is 1. The van der Waals surface area contributed by atoms with Crippen LogP contribution in [0.1, 0.15) is 25.7 Å². The number of hydrogen-bond acceptors (Lipinski definition) is 3. The lowest BCUT2D eigenvalue weighted by Gasteiger charge is -2.30. The van der Waals surface area contributed by atoms with E-state index in [2.05, 4.69) is 11.9 Å². The Morgan fingerprint density at radius 1 is 1.47 bits per heavy atom. The third-order valence-electron chi connectivity index (χ3n) is 3.14. The van der Waals surface area contributed by atoms with Crippen molar-refractivity contribution in [2.45, 2.75) is 31.7 Å². The SMILES string of the molecule is C=C(O)C1C(CCCCCF)=CC(=O)NC1/C=C/O. The van der Waals surface area contributed by atoms with E-state index in [9.17, 15) is 14.3 Å². The number of unbranched alkanes of at least 4 members (excludes halogenated alkanes) is 2. The molecule has 106 valence electrons. The molecule has 0 radical (unpaired) electrons. The van der Waals surface area contributed by atoms with Gasteiger partial charge in [0.25, 0.3) is 0 Å². The molecule has 19 heavy (non-hydrogen) atoms. The summed E-state index contributed by atoms with van der Waals surface area (Å²) >= 11 is 0. The molecule has 0 aliphatic carbocycles. The molecule has 0 aromatic rings. The minimum absolute atomic E-state index is 0.0557. The monoisotopic (exact) mass is 269 g/mol. The first-order valence-corrected chi connectivity index (χ1v) is 6.35. The minimum atomic E-state index is -0.504. The highest BCUT2D eigenvalue weighted by atomic mass is 19.1. The van der Waals surface area contributed by atoms with E-state index in [1.165, 1.54) is 12.2 Å². The van der Waals surface area contributed by atoms with Crippen LogP contribution in [0.25, 0.3) is 0 Å². The lowest BCUT2D eigenvalue weighted by atomic mass is 9.84. The number of carbonyl (C=O) groups is 1. The van der Waals surface area contributed by atoms with Crippen molar-refractivity contribution in [3.63, 3.8) is 0 Å². The molecule has 0 aromatic carbocycles. The minimum Gasteiger partial charge on any atom is -0.516 e. The van der Waals surface area contributed by atoms with Crippen LogP contribution in [0, 0.1) is 5.92 Å². The molecule has 1 aliphatic rings.